The fourth-order valence-electron chi connectivity index (χ4n) is 7.98. The minimum atomic E-state index is -0.468. The van der Waals surface area contributed by atoms with Crippen LogP contribution in [0, 0.1) is 22.7 Å². The number of hydrogen-bond acceptors (Lipinski definition) is 2. The van der Waals surface area contributed by atoms with Crippen molar-refractivity contribution in [3.05, 3.63) is 106 Å². The first-order valence-electron chi connectivity index (χ1n) is 15.8. The van der Waals surface area contributed by atoms with Gasteiger partial charge in [-0.15, -0.1) is 0 Å². The fraction of sp³-hybridized carbons (Fsp3) is 0.474. The van der Waals surface area contributed by atoms with Crippen LogP contribution in [0.1, 0.15) is 99.6 Å². The maximum atomic E-state index is 13.7. The van der Waals surface area contributed by atoms with Gasteiger partial charge in [0.25, 0.3) is 0 Å². The molecule has 0 aliphatic heterocycles. The number of carbonyl (C=O) groups is 2. The summed E-state index contributed by atoms with van der Waals surface area (Å²) in [4.78, 5) is 27.1. The summed E-state index contributed by atoms with van der Waals surface area (Å²) < 4.78 is 0. The lowest BCUT2D eigenvalue weighted by Gasteiger charge is -2.48. The summed E-state index contributed by atoms with van der Waals surface area (Å²) in [6.07, 6.45) is 3.63. The number of aryl methyl sites for hydroxylation is 2. The summed E-state index contributed by atoms with van der Waals surface area (Å²) in [5.41, 5.74) is 7.05. The molecule has 0 bridgehead atoms. The highest BCUT2D eigenvalue weighted by atomic mass is 16.2. The fourth-order valence-corrected chi connectivity index (χ4v) is 7.98. The van der Waals surface area contributed by atoms with Gasteiger partial charge in [0.1, 0.15) is 0 Å². The number of benzene rings is 3. The van der Waals surface area contributed by atoms with Gasteiger partial charge in [0.15, 0.2) is 0 Å². The topological polar surface area (TPSA) is 58.2 Å². The average Bonchev–Trinajstić information content (AvgIpc) is 2.97. The van der Waals surface area contributed by atoms with Crippen LogP contribution in [0.5, 0.6) is 0 Å². The molecule has 0 fully saturated rings. The van der Waals surface area contributed by atoms with Crippen LogP contribution < -0.4 is 10.6 Å². The van der Waals surface area contributed by atoms with Crippen LogP contribution in [0.25, 0.3) is 0 Å². The zero-order chi connectivity index (χ0) is 30.1. The Kier molecular flexibility index (Phi) is 8.64. The average molecular weight is 565 g/mol. The van der Waals surface area contributed by atoms with Crippen molar-refractivity contribution in [2.24, 2.45) is 22.7 Å². The summed E-state index contributed by atoms with van der Waals surface area (Å²) in [6.45, 7) is 14.4. The lowest BCUT2D eigenvalue weighted by molar-refractivity contribution is -0.134. The van der Waals surface area contributed by atoms with Crippen LogP contribution in [0.2, 0.25) is 0 Å². The Labute approximate surface area is 252 Å². The van der Waals surface area contributed by atoms with E-state index < -0.39 is 5.41 Å². The number of amides is 2. The van der Waals surface area contributed by atoms with Gasteiger partial charge in [-0.25, -0.2) is 0 Å². The molecule has 0 saturated heterocycles. The van der Waals surface area contributed by atoms with E-state index in [4.69, 9.17) is 0 Å². The van der Waals surface area contributed by atoms with Crippen molar-refractivity contribution in [3.63, 3.8) is 0 Å². The maximum absolute atomic E-state index is 13.7. The molecule has 4 nitrogen and oxygen atoms in total. The Hall–Kier alpha value is -3.40. The van der Waals surface area contributed by atoms with E-state index in [2.05, 4.69) is 125 Å². The van der Waals surface area contributed by atoms with Crippen molar-refractivity contribution in [1.29, 1.82) is 0 Å². The Balaban J connectivity index is 1.19. The zero-order valence-corrected chi connectivity index (χ0v) is 26.3. The standard InChI is InChI=1S/C38H48N2O2/c1-25(2)33-30-13-9-7-11-28(30)19-20-32(33)35(41)39-23-26-15-17-27(18-16-26)24-40-36(42)38(6)22-21-29-12-8-10-14-31(29)34(38)37(3,4)5/h7-18,25,32-34H,19-24H2,1-6H3,(H,39,41)(H,40,42)/t32-,33+,34?,38+/m1/s1. The highest BCUT2D eigenvalue weighted by Gasteiger charge is 2.49. The van der Waals surface area contributed by atoms with Crippen LogP contribution in [0.15, 0.2) is 72.8 Å². The largest absolute Gasteiger partial charge is 0.352 e. The normalized spacial score (nSPS) is 23.5. The molecule has 2 amide bonds. The molecule has 4 atom stereocenters. The summed E-state index contributed by atoms with van der Waals surface area (Å²) in [5.74, 6) is 1.07. The van der Waals surface area contributed by atoms with Gasteiger partial charge in [0, 0.05) is 24.9 Å². The third kappa shape index (κ3) is 6.04. The number of carbonyl (C=O) groups excluding carboxylic acids is 2. The van der Waals surface area contributed by atoms with Crippen LogP contribution in [-0.4, -0.2) is 11.8 Å². The summed E-state index contributed by atoms with van der Waals surface area (Å²) in [7, 11) is 0. The molecule has 0 saturated carbocycles. The second kappa shape index (κ2) is 12.1. The van der Waals surface area contributed by atoms with Gasteiger partial charge >= 0.3 is 0 Å². The second-order valence-electron chi connectivity index (χ2n) is 14.2. The molecule has 2 N–H and O–H groups in total. The molecule has 3 aromatic carbocycles. The molecule has 0 aromatic heterocycles. The van der Waals surface area contributed by atoms with Crippen molar-refractivity contribution < 1.29 is 9.59 Å². The summed E-state index contributed by atoms with van der Waals surface area (Å²) in [6, 6.07) is 25.5. The minimum Gasteiger partial charge on any atom is -0.352 e. The van der Waals surface area contributed by atoms with E-state index in [-0.39, 0.29) is 35.0 Å². The van der Waals surface area contributed by atoms with Crippen molar-refractivity contribution in [3.8, 4) is 0 Å². The highest BCUT2D eigenvalue weighted by molar-refractivity contribution is 5.84. The second-order valence-corrected chi connectivity index (χ2v) is 14.2. The first kappa shape index (κ1) is 30.1. The van der Waals surface area contributed by atoms with Crippen molar-refractivity contribution >= 4 is 11.8 Å². The van der Waals surface area contributed by atoms with Gasteiger partial charge in [0.05, 0.1) is 5.41 Å². The predicted octanol–water partition coefficient (Wildman–Crippen LogP) is 7.70. The molecule has 0 radical (unpaired) electrons. The molecule has 1 unspecified atom stereocenters. The molecule has 4 heteroatoms. The monoisotopic (exact) mass is 564 g/mol. The Morgan fingerprint density at radius 2 is 1.36 bits per heavy atom. The third-order valence-corrected chi connectivity index (χ3v) is 9.87. The smallest absolute Gasteiger partial charge is 0.226 e. The molecule has 5 rings (SSSR count). The van der Waals surface area contributed by atoms with Crippen LogP contribution >= 0.6 is 0 Å². The van der Waals surface area contributed by atoms with E-state index in [0.29, 0.717) is 19.0 Å². The lowest BCUT2D eigenvalue weighted by atomic mass is 9.56. The van der Waals surface area contributed by atoms with Crippen LogP contribution in [0.3, 0.4) is 0 Å². The van der Waals surface area contributed by atoms with E-state index in [1.165, 1.54) is 22.3 Å². The molecule has 222 valence electrons. The zero-order valence-electron chi connectivity index (χ0n) is 26.3. The quantitative estimate of drug-likeness (QED) is 0.309. The molecule has 0 spiro atoms. The van der Waals surface area contributed by atoms with Crippen molar-refractivity contribution in [2.75, 3.05) is 0 Å². The molecule has 42 heavy (non-hydrogen) atoms. The van der Waals surface area contributed by atoms with E-state index in [1.807, 2.05) is 0 Å². The minimum absolute atomic E-state index is 0.000530. The number of hydrogen-bond donors (Lipinski definition) is 2. The molecule has 3 aromatic rings. The SMILES string of the molecule is CC(C)[C@H]1c2ccccc2CC[C@H]1C(=O)NCc1ccc(CNC(=O)[C@@]2(C)CCc3ccccc3C2C(C)(C)C)cc1. The highest BCUT2D eigenvalue weighted by Crippen LogP contribution is 2.54. The summed E-state index contributed by atoms with van der Waals surface area (Å²) in [5, 5.41) is 6.49. The number of fused-ring (bicyclic) bond motifs is 2. The number of rotatable bonds is 7. The van der Waals surface area contributed by atoms with Crippen LogP contribution in [-0.2, 0) is 35.5 Å². The Morgan fingerprint density at radius 1 is 0.810 bits per heavy atom. The van der Waals surface area contributed by atoms with E-state index in [9.17, 15) is 9.59 Å². The van der Waals surface area contributed by atoms with Gasteiger partial charge in [0.2, 0.25) is 11.8 Å². The Bertz CT molecular complexity index is 1420. The molecular weight excluding hydrogens is 516 g/mol. The summed E-state index contributed by atoms with van der Waals surface area (Å²) >= 11 is 0. The number of nitrogens with one attached hydrogen (secondary N) is 2. The van der Waals surface area contributed by atoms with Crippen molar-refractivity contribution in [2.45, 2.75) is 92.2 Å². The first-order chi connectivity index (χ1) is 20.0. The van der Waals surface area contributed by atoms with Gasteiger partial charge < -0.3 is 10.6 Å². The molecule has 2 aliphatic carbocycles. The van der Waals surface area contributed by atoms with Gasteiger partial charge in [-0.2, -0.15) is 0 Å². The molecular formula is C38H48N2O2. The molecule has 0 heterocycles. The van der Waals surface area contributed by atoms with E-state index in [0.717, 1.165) is 36.8 Å². The van der Waals surface area contributed by atoms with E-state index in [1.54, 1.807) is 0 Å². The van der Waals surface area contributed by atoms with Gasteiger partial charge in [-0.3, -0.25) is 9.59 Å². The Morgan fingerprint density at radius 3 is 1.95 bits per heavy atom. The van der Waals surface area contributed by atoms with Crippen molar-refractivity contribution in [1.82, 2.24) is 10.6 Å². The third-order valence-electron chi connectivity index (χ3n) is 9.87. The first-order valence-corrected chi connectivity index (χ1v) is 15.8. The van der Waals surface area contributed by atoms with Crippen LogP contribution in [0.4, 0.5) is 0 Å². The van der Waals surface area contributed by atoms with Gasteiger partial charge in [-0.05, 0) is 76.3 Å². The van der Waals surface area contributed by atoms with Gasteiger partial charge in [-0.1, -0.05) is 114 Å². The lowest BCUT2D eigenvalue weighted by Crippen LogP contribution is -2.48. The maximum Gasteiger partial charge on any atom is 0.226 e. The predicted molar refractivity (Wildman–Crippen MR) is 171 cm³/mol. The molecule has 2 aliphatic rings. The van der Waals surface area contributed by atoms with E-state index >= 15 is 0 Å².